The minimum Gasteiger partial charge on any atom is -0.397 e. The van der Waals surface area contributed by atoms with Crippen molar-refractivity contribution in [3.05, 3.63) is 41.7 Å². The van der Waals surface area contributed by atoms with E-state index in [1.54, 1.807) is 25.1 Å². The number of halogens is 3. The lowest BCUT2D eigenvalue weighted by molar-refractivity contribution is -0.141. The van der Waals surface area contributed by atoms with Crippen LogP contribution in [0, 0.1) is 6.92 Å². The second-order valence-electron chi connectivity index (χ2n) is 3.65. The van der Waals surface area contributed by atoms with Gasteiger partial charge in [0.25, 0.3) is 0 Å². The molecule has 6 heteroatoms. The van der Waals surface area contributed by atoms with E-state index in [0.717, 1.165) is 16.3 Å². The maximum absolute atomic E-state index is 12.4. The van der Waals surface area contributed by atoms with Crippen molar-refractivity contribution < 1.29 is 13.2 Å². The van der Waals surface area contributed by atoms with E-state index in [-0.39, 0.29) is 0 Å². The van der Waals surface area contributed by atoms with Gasteiger partial charge in [-0.3, -0.25) is 0 Å². The molecule has 1 heterocycles. The molecule has 0 unspecified atom stereocenters. The monoisotopic (exact) mass is 241 g/mol. The average molecular weight is 241 g/mol. The number of benzene rings is 1. The molecule has 2 rings (SSSR count). The number of para-hydroxylation sites is 1. The molecule has 0 aliphatic carbocycles. The number of rotatable bonds is 1. The van der Waals surface area contributed by atoms with Gasteiger partial charge in [-0.25, -0.2) is 4.68 Å². The first-order chi connectivity index (χ1) is 7.89. The predicted octanol–water partition coefficient (Wildman–Crippen LogP) is 2.78. The molecule has 0 fully saturated rings. The van der Waals surface area contributed by atoms with Crippen LogP contribution in [0.3, 0.4) is 0 Å². The number of hydrogen-bond acceptors (Lipinski definition) is 2. The van der Waals surface area contributed by atoms with Crippen LogP contribution in [-0.2, 0) is 6.18 Å². The summed E-state index contributed by atoms with van der Waals surface area (Å²) in [6, 6.07) is 6.04. The highest BCUT2D eigenvalue weighted by Crippen LogP contribution is 2.28. The fraction of sp³-hybridized carbons (Fsp3) is 0.182. The summed E-state index contributed by atoms with van der Waals surface area (Å²) >= 11 is 0. The van der Waals surface area contributed by atoms with Gasteiger partial charge in [0.1, 0.15) is 0 Å². The molecule has 0 saturated heterocycles. The Labute approximate surface area is 95.7 Å². The number of aryl methyl sites for hydroxylation is 1. The van der Waals surface area contributed by atoms with E-state index in [2.05, 4.69) is 5.10 Å². The molecule has 0 aliphatic heterocycles. The topological polar surface area (TPSA) is 43.8 Å². The lowest BCUT2D eigenvalue weighted by atomic mass is 10.2. The molecular weight excluding hydrogens is 231 g/mol. The Balaban J connectivity index is 2.48. The fourth-order valence-electron chi connectivity index (χ4n) is 1.47. The molecule has 0 spiro atoms. The van der Waals surface area contributed by atoms with Crippen LogP contribution in [0.15, 0.2) is 30.5 Å². The quantitative estimate of drug-likeness (QED) is 0.780. The SMILES string of the molecule is Cc1cccc(-n2ccc(C(F)(F)F)n2)c1N. The number of nitrogen functional groups attached to an aromatic ring is 1. The van der Waals surface area contributed by atoms with Crippen molar-refractivity contribution >= 4 is 5.69 Å². The summed E-state index contributed by atoms with van der Waals surface area (Å²) in [5.41, 5.74) is 6.52. The first kappa shape index (κ1) is 11.5. The Hall–Kier alpha value is -1.98. The molecule has 0 atom stereocenters. The summed E-state index contributed by atoms with van der Waals surface area (Å²) in [4.78, 5) is 0. The van der Waals surface area contributed by atoms with Crippen LogP contribution in [0.4, 0.5) is 18.9 Å². The highest BCUT2D eigenvalue weighted by atomic mass is 19.4. The van der Waals surface area contributed by atoms with Crippen molar-refractivity contribution in [1.82, 2.24) is 9.78 Å². The number of nitrogens with two attached hydrogens (primary N) is 1. The van der Waals surface area contributed by atoms with Gasteiger partial charge in [0, 0.05) is 6.20 Å². The Morgan fingerprint density at radius 3 is 2.53 bits per heavy atom. The van der Waals surface area contributed by atoms with Gasteiger partial charge >= 0.3 is 6.18 Å². The molecule has 0 saturated carbocycles. The lowest BCUT2D eigenvalue weighted by Gasteiger charge is -2.08. The largest absolute Gasteiger partial charge is 0.435 e. The van der Waals surface area contributed by atoms with Crippen molar-refractivity contribution in [1.29, 1.82) is 0 Å². The molecule has 17 heavy (non-hydrogen) atoms. The zero-order chi connectivity index (χ0) is 12.6. The second kappa shape index (κ2) is 3.80. The van der Waals surface area contributed by atoms with E-state index in [1.165, 1.54) is 6.20 Å². The summed E-state index contributed by atoms with van der Waals surface area (Å²) in [6.45, 7) is 1.78. The molecule has 90 valence electrons. The summed E-state index contributed by atoms with van der Waals surface area (Å²) in [5, 5.41) is 3.47. The predicted molar refractivity (Wildman–Crippen MR) is 57.7 cm³/mol. The number of alkyl halides is 3. The summed E-state index contributed by atoms with van der Waals surface area (Å²) in [6.07, 6.45) is -3.20. The highest BCUT2D eigenvalue weighted by Gasteiger charge is 2.33. The zero-order valence-electron chi connectivity index (χ0n) is 8.99. The van der Waals surface area contributed by atoms with E-state index >= 15 is 0 Å². The third kappa shape index (κ3) is 2.11. The zero-order valence-corrected chi connectivity index (χ0v) is 8.99. The Morgan fingerprint density at radius 2 is 1.94 bits per heavy atom. The van der Waals surface area contributed by atoms with Crippen molar-refractivity contribution in [2.24, 2.45) is 0 Å². The molecule has 0 bridgehead atoms. The third-order valence-corrected chi connectivity index (χ3v) is 2.43. The van der Waals surface area contributed by atoms with Crippen LogP contribution in [-0.4, -0.2) is 9.78 Å². The number of nitrogens with zero attached hydrogens (tertiary/aromatic N) is 2. The van der Waals surface area contributed by atoms with Crippen molar-refractivity contribution in [3.8, 4) is 5.69 Å². The molecule has 0 aliphatic rings. The van der Waals surface area contributed by atoms with Gasteiger partial charge in [-0.15, -0.1) is 0 Å². The third-order valence-electron chi connectivity index (χ3n) is 2.43. The standard InChI is InChI=1S/C11H10F3N3/c1-7-3-2-4-8(10(7)15)17-6-5-9(16-17)11(12,13)14/h2-6H,15H2,1H3. The Kier molecular flexibility index (Phi) is 2.57. The van der Waals surface area contributed by atoms with Crippen LogP contribution in [0.25, 0.3) is 5.69 Å². The van der Waals surface area contributed by atoms with Crippen LogP contribution in [0.2, 0.25) is 0 Å². The van der Waals surface area contributed by atoms with E-state index in [4.69, 9.17) is 5.73 Å². The van der Waals surface area contributed by atoms with Crippen molar-refractivity contribution in [2.75, 3.05) is 5.73 Å². The number of anilines is 1. The molecule has 3 nitrogen and oxygen atoms in total. The minimum atomic E-state index is -4.44. The van der Waals surface area contributed by atoms with Crippen LogP contribution < -0.4 is 5.73 Å². The van der Waals surface area contributed by atoms with Gasteiger partial charge < -0.3 is 5.73 Å². The molecular formula is C11H10F3N3. The van der Waals surface area contributed by atoms with Gasteiger partial charge in [0.2, 0.25) is 0 Å². The van der Waals surface area contributed by atoms with Gasteiger partial charge in [-0.05, 0) is 24.6 Å². The van der Waals surface area contributed by atoms with Gasteiger partial charge in [-0.2, -0.15) is 18.3 Å². The summed E-state index contributed by atoms with van der Waals surface area (Å²) < 4.78 is 38.3. The molecule has 2 aromatic rings. The maximum Gasteiger partial charge on any atom is 0.435 e. The second-order valence-corrected chi connectivity index (χ2v) is 3.65. The van der Waals surface area contributed by atoms with E-state index < -0.39 is 11.9 Å². The minimum absolute atomic E-state index is 0.421. The number of hydrogen-bond donors (Lipinski definition) is 1. The van der Waals surface area contributed by atoms with Crippen LogP contribution >= 0.6 is 0 Å². The Morgan fingerprint density at radius 1 is 1.24 bits per heavy atom. The normalized spacial score (nSPS) is 11.8. The fourth-order valence-corrected chi connectivity index (χ4v) is 1.47. The van der Waals surface area contributed by atoms with Crippen molar-refractivity contribution in [3.63, 3.8) is 0 Å². The van der Waals surface area contributed by atoms with E-state index in [1.807, 2.05) is 0 Å². The molecule has 2 N–H and O–H groups in total. The summed E-state index contributed by atoms with van der Waals surface area (Å²) in [7, 11) is 0. The number of aromatic nitrogens is 2. The lowest BCUT2D eigenvalue weighted by Crippen LogP contribution is -2.08. The first-order valence-electron chi connectivity index (χ1n) is 4.88. The Bertz CT molecular complexity index is 543. The van der Waals surface area contributed by atoms with Gasteiger partial charge in [0.05, 0.1) is 11.4 Å². The van der Waals surface area contributed by atoms with Crippen molar-refractivity contribution in [2.45, 2.75) is 13.1 Å². The maximum atomic E-state index is 12.4. The van der Waals surface area contributed by atoms with E-state index in [0.29, 0.717) is 11.4 Å². The molecule has 1 aromatic carbocycles. The molecule has 0 amide bonds. The molecule has 0 radical (unpaired) electrons. The average Bonchev–Trinajstić information content (AvgIpc) is 2.70. The summed E-state index contributed by atoms with van der Waals surface area (Å²) in [5.74, 6) is 0. The van der Waals surface area contributed by atoms with Gasteiger partial charge in [-0.1, -0.05) is 12.1 Å². The highest BCUT2D eigenvalue weighted by molar-refractivity contribution is 5.61. The van der Waals surface area contributed by atoms with Crippen LogP contribution in [0.5, 0.6) is 0 Å². The molecule has 1 aromatic heterocycles. The first-order valence-corrected chi connectivity index (χ1v) is 4.88. The van der Waals surface area contributed by atoms with Gasteiger partial charge in [0.15, 0.2) is 5.69 Å². The van der Waals surface area contributed by atoms with Crippen LogP contribution in [0.1, 0.15) is 11.3 Å². The smallest absolute Gasteiger partial charge is 0.397 e. The van der Waals surface area contributed by atoms with E-state index in [9.17, 15) is 13.2 Å².